The van der Waals surface area contributed by atoms with E-state index in [1.807, 2.05) is 5.32 Å². The molecule has 20 heavy (non-hydrogen) atoms. The molecule has 3 amide bonds. The van der Waals surface area contributed by atoms with Gasteiger partial charge in [-0.3, -0.25) is 19.2 Å². The number of rotatable bonds is 8. The number of carboxylic acid groups (broad SMARTS) is 1. The number of hydrogen-bond acceptors (Lipinski definition) is 6. The second kappa shape index (κ2) is 8.07. The topological polar surface area (TPSA) is 185 Å². The first-order chi connectivity index (χ1) is 9.15. The van der Waals surface area contributed by atoms with Gasteiger partial charge in [0.15, 0.2) is 0 Å². The van der Waals surface area contributed by atoms with Crippen LogP contribution < -0.4 is 22.1 Å². The third-order valence-corrected chi connectivity index (χ3v) is 2.27. The molecule has 3 atom stereocenters. The summed E-state index contributed by atoms with van der Waals surface area (Å²) in [7, 11) is 0. The normalized spacial score (nSPS) is 14.8. The van der Waals surface area contributed by atoms with E-state index in [9.17, 15) is 19.2 Å². The molecule has 3 unspecified atom stereocenters. The summed E-state index contributed by atoms with van der Waals surface area (Å²) in [5.74, 6) is -3.91. The summed E-state index contributed by atoms with van der Waals surface area (Å²) in [4.78, 5) is 44.3. The maximum absolute atomic E-state index is 11.6. The van der Waals surface area contributed by atoms with Gasteiger partial charge in [0.25, 0.3) is 0 Å². The molecule has 10 heteroatoms. The summed E-state index contributed by atoms with van der Waals surface area (Å²) < 4.78 is 0. The van der Waals surface area contributed by atoms with E-state index >= 15 is 0 Å². The number of nitrogens with two attached hydrogens (primary N) is 2. The van der Waals surface area contributed by atoms with Crippen LogP contribution in [0.1, 0.15) is 13.3 Å². The number of aliphatic carboxylic acids is 1. The molecule has 0 aromatic heterocycles. The molecule has 0 fully saturated rings. The van der Waals surface area contributed by atoms with Crippen LogP contribution in [0, 0.1) is 0 Å². The molecule has 8 N–H and O–H groups in total. The zero-order valence-corrected chi connectivity index (χ0v) is 10.8. The van der Waals surface area contributed by atoms with Crippen LogP contribution >= 0.6 is 0 Å². The Bertz CT molecular complexity index is 397. The molecule has 0 bridgehead atoms. The minimum Gasteiger partial charge on any atom is -0.480 e. The minimum absolute atomic E-state index is 0.524. The first-order valence-electron chi connectivity index (χ1n) is 5.67. The van der Waals surface area contributed by atoms with Crippen LogP contribution in [0.2, 0.25) is 0 Å². The molecule has 10 nitrogen and oxygen atoms in total. The average molecular weight is 290 g/mol. The van der Waals surface area contributed by atoms with Crippen LogP contribution in [0.5, 0.6) is 0 Å². The maximum atomic E-state index is 11.6. The lowest BCUT2D eigenvalue weighted by molar-refractivity contribution is -0.138. The fraction of sp³-hybridized carbons (Fsp3) is 0.600. The van der Waals surface area contributed by atoms with Gasteiger partial charge in [0.05, 0.1) is 12.5 Å². The molecule has 0 saturated carbocycles. The Balaban J connectivity index is 4.71. The van der Waals surface area contributed by atoms with Gasteiger partial charge in [-0.05, 0) is 6.92 Å². The van der Waals surface area contributed by atoms with Crippen molar-refractivity contribution in [2.75, 3.05) is 6.54 Å². The van der Waals surface area contributed by atoms with Crippen molar-refractivity contribution in [3.8, 4) is 0 Å². The lowest BCUT2D eigenvalue weighted by atomic mass is 10.1. The molecule has 0 aromatic carbocycles. The quantitative estimate of drug-likeness (QED) is 0.265. The zero-order chi connectivity index (χ0) is 15.9. The second-order valence-corrected chi connectivity index (χ2v) is 4.11. The predicted molar refractivity (Wildman–Crippen MR) is 66.0 cm³/mol. The van der Waals surface area contributed by atoms with Gasteiger partial charge in [0.1, 0.15) is 18.6 Å². The van der Waals surface area contributed by atoms with Crippen molar-refractivity contribution in [2.24, 2.45) is 11.5 Å². The molecule has 0 spiro atoms. The third kappa shape index (κ3) is 6.66. The number of carbonyl (C=O) groups excluding carboxylic acids is 3. The highest BCUT2D eigenvalue weighted by atomic mass is 16.4. The monoisotopic (exact) mass is 290 g/mol. The largest absolute Gasteiger partial charge is 0.480 e. The van der Waals surface area contributed by atoms with Crippen molar-refractivity contribution in [1.29, 1.82) is 0 Å². The number of nitrogens with one attached hydrogen (secondary N) is 2. The summed E-state index contributed by atoms with van der Waals surface area (Å²) in [5.41, 5.74) is 10.3. The summed E-state index contributed by atoms with van der Waals surface area (Å²) in [5, 5.41) is 21.7. The summed E-state index contributed by atoms with van der Waals surface area (Å²) in [6, 6.07) is -2.65. The van der Waals surface area contributed by atoms with Gasteiger partial charge in [-0.15, -0.1) is 0 Å². The fourth-order valence-electron chi connectivity index (χ4n) is 1.18. The van der Waals surface area contributed by atoms with Gasteiger partial charge in [-0.1, -0.05) is 0 Å². The van der Waals surface area contributed by atoms with Crippen LogP contribution in [-0.4, -0.2) is 58.6 Å². The van der Waals surface area contributed by atoms with Gasteiger partial charge in [-0.2, -0.15) is 0 Å². The number of carbonyl (C=O) groups is 4. The van der Waals surface area contributed by atoms with Gasteiger partial charge in [-0.25, -0.2) is 0 Å². The fourth-order valence-corrected chi connectivity index (χ4v) is 1.18. The summed E-state index contributed by atoms with van der Waals surface area (Å²) >= 11 is 0. The Labute approximate surface area is 114 Å². The highest BCUT2D eigenvalue weighted by Crippen LogP contribution is 1.96. The molecule has 0 aromatic rings. The van der Waals surface area contributed by atoms with E-state index in [2.05, 4.69) is 5.32 Å². The summed E-state index contributed by atoms with van der Waals surface area (Å²) in [6.45, 7) is 0.601. The predicted octanol–water partition coefficient (Wildman–Crippen LogP) is -3.74. The number of amides is 3. The maximum Gasteiger partial charge on any atom is 0.322 e. The first-order valence-corrected chi connectivity index (χ1v) is 5.67. The van der Waals surface area contributed by atoms with Crippen molar-refractivity contribution in [3.05, 3.63) is 0 Å². The number of aliphatic hydroxyl groups is 1. The SMILES string of the molecule is CC(O)C(N)C(=O)NC(CC(N)=O)C(=O)NCC(=O)O. The molecule has 0 rings (SSSR count). The molecule has 0 saturated heterocycles. The van der Waals surface area contributed by atoms with Gasteiger partial charge >= 0.3 is 5.97 Å². The van der Waals surface area contributed by atoms with Crippen LogP contribution in [-0.2, 0) is 19.2 Å². The van der Waals surface area contributed by atoms with Crippen molar-refractivity contribution in [2.45, 2.75) is 31.5 Å². The summed E-state index contributed by atoms with van der Waals surface area (Å²) in [6.07, 6.45) is -1.68. The number of hydrogen-bond donors (Lipinski definition) is 6. The standard InChI is InChI=1S/C10H18N4O6/c1-4(15)8(12)10(20)14-5(2-6(11)16)9(19)13-3-7(17)18/h4-5,8,15H,2-3,12H2,1H3,(H2,11,16)(H,13,19)(H,14,20)(H,17,18). The van der Waals surface area contributed by atoms with Crippen molar-refractivity contribution >= 4 is 23.7 Å². The van der Waals surface area contributed by atoms with E-state index < -0.39 is 54.8 Å². The first kappa shape index (κ1) is 17.8. The molecule has 0 heterocycles. The van der Waals surface area contributed by atoms with Gasteiger partial charge in [0, 0.05) is 0 Å². The van der Waals surface area contributed by atoms with E-state index in [1.165, 1.54) is 6.92 Å². The van der Waals surface area contributed by atoms with E-state index in [1.54, 1.807) is 0 Å². The van der Waals surface area contributed by atoms with E-state index in [0.29, 0.717) is 0 Å². The van der Waals surface area contributed by atoms with Crippen molar-refractivity contribution in [1.82, 2.24) is 10.6 Å². The number of carboxylic acids is 1. The molecule has 114 valence electrons. The Morgan fingerprint density at radius 2 is 1.75 bits per heavy atom. The lowest BCUT2D eigenvalue weighted by Gasteiger charge is -2.20. The van der Waals surface area contributed by atoms with Crippen molar-refractivity contribution in [3.63, 3.8) is 0 Å². The smallest absolute Gasteiger partial charge is 0.322 e. The molecular weight excluding hydrogens is 272 g/mol. The molecule has 0 aliphatic rings. The Kier molecular flexibility index (Phi) is 7.18. The van der Waals surface area contributed by atoms with Gasteiger partial charge < -0.3 is 32.3 Å². The Morgan fingerprint density at radius 1 is 1.20 bits per heavy atom. The minimum atomic E-state index is -1.36. The highest BCUT2D eigenvalue weighted by Gasteiger charge is 2.27. The molecule has 0 radical (unpaired) electrons. The van der Waals surface area contributed by atoms with Crippen LogP contribution in [0.3, 0.4) is 0 Å². The van der Waals surface area contributed by atoms with Gasteiger partial charge in [0.2, 0.25) is 17.7 Å². The third-order valence-electron chi connectivity index (χ3n) is 2.27. The van der Waals surface area contributed by atoms with E-state index in [-0.39, 0.29) is 0 Å². The van der Waals surface area contributed by atoms with Crippen molar-refractivity contribution < 1.29 is 29.4 Å². The number of primary amides is 1. The molecular formula is C10H18N4O6. The average Bonchev–Trinajstić information content (AvgIpc) is 2.33. The van der Waals surface area contributed by atoms with E-state index in [0.717, 1.165) is 0 Å². The zero-order valence-electron chi connectivity index (χ0n) is 10.8. The Morgan fingerprint density at radius 3 is 2.15 bits per heavy atom. The van der Waals surface area contributed by atoms with Crippen LogP contribution in [0.4, 0.5) is 0 Å². The van der Waals surface area contributed by atoms with Crippen LogP contribution in [0.15, 0.2) is 0 Å². The Hall–Kier alpha value is -2.20. The molecule has 0 aliphatic heterocycles. The van der Waals surface area contributed by atoms with E-state index in [4.69, 9.17) is 21.7 Å². The lowest BCUT2D eigenvalue weighted by Crippen LogP contribution is -2.55. The number of aliphatic hydroxyl groups excluding tert-OH is 1. The highest BCUT2D eigenvalue weighted by molar-refractivity contribution is 5.94. The van der Waals surface area contributed by atoms with Crippen LogP contribution in [0.25, 0.3) is 0 Å². The molecule has 0 aliphatic carbocycles. The second-order valence-electron chi connectivity index (χ2n) is 4.11.